The molecule has 5 nitrogen and oxygen atoms in total. The van der Waals surface area contributed by atoms with Gasteiger partial charge in [0, 0.05) is 5.02 Å². The molecule has 1 aliphatic rings. The fraction of sp³-hybridized carbons (Fsp3) is 0.250. The average molecular weight is 319 g/mol. The minimum absolute atomic E-state index is 0.0157. The molecular weight excluding hydrogens is 304 g/mol. The largest absolute Gasteiger partial charge is 0.463 e. The Hall–Kier alpha value is -2.45. The van der Waals surface area contributed by atoms with E-state index in [0.29, 0.717) is 16.3 Å². The lowest BCUT2D eigenvalue weighted by Crippen LogP contribution is -2.25. The zero-order valence-corrected chi connectivity index (χ0v) is 13.0. The van der Waals surface area contributed by atoms with Crippen molar-refractivity contribution in [3.05, 3.63) is 57.6 Å². The van der Waals surface area contributed by atoms with Crippen molar-refractivity contribution < 1.29 is 14.3 Å². The number of esters is 1. The van der Waals surface area contributed by atoms with Crippen LogP contribution in [-0.4, -0.2) is 12.6 Å². The first-order valence-corrected chi connectivity index (χ1v) is 7.08. The summed E-state index contributed by atoms with van der Waals surface area (Å²) in [6.07, 6.45) is 0. The smallest absolute Gasteiger partial charge is 0.338 e. The molecule has 114 valence electrons. The van der Waals surface area contributed by atoms with Gasteiger partial charge in [0.05, 0.1) is 18.1 Å². The molecule has 1 heterocycles. The van der Waals surface area contributed by atoms with Gasteiger partial charge in [0.25, 0.3) is 0 Å². The Morgan fingerprint density at radius 3 is 2.86 bits per heavy atom. The van der Waals surface area contributed by atoms with Crippen molar-refractivity contribution in [3.63, 3.8) is 0 Å². The summed E-state index contributed by atoms with van der Waals surface area (Å²) in [7, 11) is 0. The highest BCUT2D eigenvalue weighted by Crippen LogP contribution is 2.40. The minimum Gasteiger partial charge on any atom is -0.463 e. The second kappa shape index (κ2) is 6.54. The Morgan fingerprint density at radius 2 is 2.27 bits per heavy atom. The Labute approximate surface area is 133 Å². The lowest BCUT2D eigenvalue weighted by molar-refractivity contribution is -0.139. The van der Waals surface area contributed by atoms with Gasteiger partial charge in [-0.2, -0.15) is 5.26 Å². The van der Waals surface area contributed by atoms with Crippen molar-refractivity contribution in [2.24, 2.45) is 5.73 Å². The van der Waals surface area contributed by atoms with Gasteiger partial charge in [0.1, 0.15) is 17.4 Å². The van der Waals surface area contributed by atoms with Crippen LogP contribution in [0, 0.1) is 11.3 Å². The van der Waals surface area contributed by atoms with Crippen LogP contribution in [0.3, 0.4) is 0 Å². The molecule has 0 saturated heterocycles. The summed E-state index contributed by atoms with van der Waals surface area (Å²) < 4.78 is 10.4. The van der Waals surface area contributed by atoms with Crippen LogP contribution in [0.15, 0.2) is 47.1 Å². The van der Waals surface area contributed by atoms with Crippen LogP contribution in [0.4, 0.5) is 0 Å². The van der Waals surface area contributed by atoms with E-state index in [0.717, 1.165) is 0 Å². The summed E-state index contributed by atoms with van der Waals surface area (Å²) in [5, 5.41) is 9.90. The van der Waals surface area contributed by atoms with Crippen molar-refractivity contribution in [3.8, 4) is 6.07 Å². The van der Waals surface area contributed by atoms with Crippen LogP contribution in [-0.2, 0) is 14.3 Å². The summed E-state index contributed by atoms with van der Waals surface area (Å²) in [5.74, 6) is -0.889. The number of carbonyl (C=O) groups excluding carboxylic acids is 1. The molecule has 1 aliphatic heterocycles. The molecule has 0 spiro atoms. The second-order valence-corrected chi connectivity index (χ2v) is 5.11. The van der Waals surface area contributed by atoms with E-state index < -0.39 is 11.9 Å². The lowest BCUT2D eigenvalue weighted by Gasteiger charge is -2.26. The van der Waals surface area contributed by atoms with E-state index in [1.165, 1.54) is 0 Å². The van der Waals surface area contributed by atoms with Crippen LogP contribution in [0.1, 0.15) is 25.3 Å². The molecule has 0 fully saturated rings. The summed E-state index contributed by atoms with van der Waals surface area (Å²) in [5.41, 5.74) is 6.90. The number of nitrogens with two attached hydrogens (primary N) is 1. The molecule has 1 aromatic rings. The molecule has 0 bridgehead atoms. The van der Waals surface area contributed by atoms with Gasteiger partial charge < -0.3 is 15.2 Å². The molecule has 0 radical (unpaired) electrons. The number of nitriles is 1. The molecule has 2 rings (SSSR count). The third-order valence-electron chi connectivity index (χ3n) is 3.28. The zero-order valence-electron chi connectivity index (χ0n) is 12.2. The number of benzene rings is 1. The average Bonchev–Trinajstić information content (AvgIpc) is 2.46. The van der Waals surface area contributed by atoms with Gasteiger partial charge >= 0.3 is 5.97 Å². The van der Waals surface area contributed by atoms with Gasteiger partial charge in [-0.05, 0) is 31.5 Å². The van der Waals surface area contributed by atoms with Crippen LogP contribution in [0.2, 0.25) is 5.02 Å². The monoisotopic (exact) mass is 318 g/mol. The molecule has 22 heavy (non-hydrogen) atoms. The van der Waals surface area contributed by atoms with E-state index in [4.69, 9.17) is 26.8 Å². The van der Waals surface area contributed by atoms with E-state index in [1.807, 2.05) is 6.07 Å². The number of ether oxygens (including phenoxy) is 2. The highest BCUT2D eigenvalue weighted by molar-refractivity contribution is 6.30. The van der Waals surface area contributed by atoms with Gasteiger partial charge in [-0.1, -0.05) is 23.7 Å². The highest BCUT2D eigenvalue weighted by Gasteiger charge is 2.36. The highest BCUT2D eigenvalue weighted by atomic mass is 35.5. The summed E-state index contributed by atoms with van der Waals surface area (Å²) in [6, 6.07) is 8.94. The standard InChI is InChI=1S/C16H15ClN2O3/c1-3-21-16(20)13-9(2)22-15(19)12(8-18)14(13)10-5-4-6-11(17)7-10/h4-7,14H,3,19H2,1-2H3/t14-/m1/s1. The van der Waals surface area contributed by atoms with Crippen molar-refractivity contribution in [2.45, 2.75) is 19.8 Å². The Bertz CT molecular complexity index is 716. The molecule has 0 aromatic heterocycles. The number of halogens is 1. The van der Waals surface area contributed by atoms with Gasteiger partial charge in [0.2, 0.25) is 5.88 Å². The second-order valence-electron chi connectivity index (χ2n) is 4.67. The quantitative estimate of drug-likeness (QED) is 0.866. The van der Waals surface area contributed by atoms with E-state index in [2.05, 4.69) is 0 Å². The Balaban J connectivity index is 2.62. The SMILES string of the molecule is CCOC(=O)C1=C(C)OC(N)=C(C#N)[C@H]1c1cccc(Cl)c1. The maximum Gasteiger partial charge on any atom is 0.338 e. The van der Waals surface area contributed by atoms with Crippen molar-refractivity contribution >= 4 is 17.6 Å². The first-order valence-electron chi connectivity index (χ1n) is 6.70. The fourth-order valence-corrected chi connectivity index (χ4v) is 2.57. The third kappa shape index (κ3) is 2.92. The van der Waals surface area contributed by atoms with Crippen LogP contribution >= 0.6 is 11.6 Å². The normalized spacial score (nSPS) is 17.8. The number of nitrogens with zero attached hydrogens (tertiary/aromatic N) is 1. The number of allylic oxidation sites excluding steroid dienone is 2. The van der Waals surface area contributed by atoms with E-state index in [9.17, 15) is 10.1 Å². The molecule has 0 amide bonds. The predicted molar refractivity (Wildman–Crippen MR) is 81.4 cm³/mol. The Morgan fingerprint density at radius 1 is 1.55 bits per heavy atom. The molecule has 0 saturated carbocycles. The number of hydrogen-bond acceptors (Lipinski definition) is 5. The van der Waals surface area contributed by atoms with Crippen molar-refractivity contribution in [1.82, 2.24) is 0 Å². The minimum atomic E-state index is -0.656. The zero-order chi connectivity index (χ0) is 16.3. The Kier molecular flexibility index (Phi) is 4.74. The molecule has 6 heteroatoms. The molecule has 2 N–H and O–H groups in total. The molecule has 0 unspecified atom stereocenters. The topological polar surface area (TPSA) is 85.3 Å². The van der Waals surface area contributed by atoms with Crippen LogP contribution < -0.4 is 5.73 Å². The van der Waals surface area contributed by atoms with E-state index in [-0.39, 0.29) is 23.6 Å². The summed E-state index contributed by atoms with van der Waals surface area (Å²) >= 11 is 6.02. The molecule has 0 aliphatic carbocycles. The van der Waals surface area contributed by atoms with E-state index >= 15 is 0 Å². The molecule has 1 atom stereocenters. The van der Waals surface area contributed by atoms with Crippen molar-refractivity contribution in [2.75, 3.05) is 6.61 Å². The van der Waals surface area contributed by atoms with Gasteiger partial charge in [-0.15, -0.1) is 0 Å². The molecule has 1 aromatic carbocycles. The maximum atomic E-state index is 12.3. The summed E-state index contributed by atoms with van der Waals surface area (Å²) in [6.45, 7) is 3.55. The maximum absolute atomic E-state index is 12.3. The number of carbonyl (C=O) groups is 1. The number of hydrogen-bond donors (Lipinski definition) is 1. The fourth-order valence-electron chi connectivity index (χ4n) is 2.37. The lowest BCUT2D eigenvalue weighted by atomic mass is 9.83. The summed E-state index contributed by atoms with van der Waals surface area (Å²) in [4.78, 5) is 12.3. The predicted octanol–water partition coefficient (Wildman–Crippen LogP) is 2.98. The number of rotatable bonds is 3. The third-order valence-corrected chi connectivity index (χ3v) is 3.52. The van der Waals surface area contributed by atoms with E-state index in [1.54, 1.807) is 38.1 Å². The van der Waals surface area contributed by atoms with Gasteiger partial charge in [0.15, 0.2) is 0 Å². The van der Waals surface area contributed by atoms with Crippen molar-refractivity contribution in [1.29, 1.82) is 5.26 Å². The van der Waals surface area contributed by atoms with Gasteiger partial charge in [-0.3, -0.25) is 0 Å². The molecular formula is C16H15ClN2O3. The van der Waals surface area contributed by atoms with Crippen LogP contribution in [0.25, 0.3) is 0 Å². The van der Waals surface area contributed by atoms with Gasteiger partial charge in [-0.25, -0.2) is 4.79 Å². The first kappa shape index (κ1) is 15.9. The van der Waals surface area contributed by atoms with Crippen LogP contribution in [0.5, 0.6) is 0 Å². The first-order chi connectivity index (χ1) is 10.5.